The minimum atomic E-state index is -0.714. The van der Waals surface area contributed by atoms with Crippen molar-refractivity contribution in [3.63, 3.8) is 0 Å². The number of piperazine rings is 1. The lowest BCUT2D eigenvalue weighted by molar-refractivity contribution is -0.137. The summed E-state index contributed by atoms with van der Waals surface area (Å²) in [5, 5.41) is 9.50. The van der Waals surface area contributed by atoms with Crippen LogP contribution in [0.4, 0.5) is 5.69 Å². The highest BCUT2D eigenvalue weighted by molar-refractivity contribution is 6.30. The molecule has 0 saturated carbocycles. The zero-order valence-corrected chi connectivity index (χ0v) is 12.5. The monoisotopic (exact) mass is 296 g/mol. The van der Waals surface area contributed by atoms with Crippen LogP contribution in [0.2, 0.25) is 5.02 Å². The van der Waals surface area contributed by atoms with Crippen LogP contribution in [0.1, 0.15) is 19.8 Å². The molecule has 20 heavy (non-hydrogen) atoms. The van der Waals surface area contributed by atoms with Crippen LogP contribution in [-0.2, 0) is 4.79 Å². The first-order valence-electron chi connectivity index (χ1n) is 7.02. The molecule has 2 rings (SSSR count). The highest BCUT2D eigenvalue weighted by atomic mass is 35.5. The molecule has 0 spiro atoms. The number of benzene rings is 1. The molecular formula is C15H21ClN2O2. The van der Waals surface area contributed by atoms with Gasteiger partial charge in [-0.3, -0.25) is 9.69 Å². The van der Waals surface area contributed by atoms with Crippen molar-refractivity contribution in [2.45, 2.75) is 25.8 Å². The third-order valence-electron chi connectivity index (χ3n) is 3.89. The second kappa shape index (κ2) is 6.95. The number of carbonyl (C=O) groups is 1. The highest BCUT2D eigenvalue weighted by Crippen LogP contribution is 2.21. The van der Waals surface area contributed by atoms with E-state index in [2.05, 4.69) is 22.8 Å². The molecule has 0 aromatic heterocycles. The lowest BCUT2D eigenvalue weighted by atomic mass is 10.1. The minimum absolute atomic E-state index is 0.246. The zero-order chi connectivity index (χ0) is 14.5. The summed E-state index contributed by atoms with van der Waals surface area (Å²) in [4.78, 5) is 15.3. The summed E-state index contributed by atoms with van der Waals surface area (Å²) in [5.41, 5.74) is 1.16. The van der Waals surface area contributed by atoms with Crippen molar-refractivity contribution in [1.29, 1.82) is 0 Å². The third-order valence-corrected chi connectivity index (χ3v) is 4.12. The van der Waals surface area contributed by atoms with Crippen molar-refractivity contribution >= 4 is 23.3 Å². The molecule has 1 fully saturated rings. The van der Waals surface area contributed by atoms with Gasteiger partial charge >= 0.3 is 5.97 Å². The van der Waals surface area contributed by atoms with E-state index in [9.17, 15) is 4.79 Å². The van der Waals surface area contributed by atoms with E-state index in [1.165, 1.54) is 0 Å². The molecule has 1 aromatic carbocycles. The standard InChI is InChI=1S/C15H21ClN2O2/c1-12(5-6-15(19)20)17-7-9-18(10-8-17)14-4-2-3-13(16)11-14/h2-4,11-12H,5-10H2,1H3,(H,19,20). The predicted octanol–water partition coefficient (Wildman–Crippen LogP) is 2.72. The van der Waals surface area contributed by atoms with Crippen LogP contribution in [0.5, 0.6) is 0 Å². The fraction of sp³-hybridized carbons (Fsp3) is 0.533. The lowest BCUT2D eigenvalue weighted by Crippen LogP contribution is -2.49. The van der Waals surface area contributed by atoms with Gasteiger partial charge in [0.25, 0.3) is 0 Å². The summed E-state index contributed by atoms with van der Waals surface area (Å²) in [5.74, 6) is -0.714. The van der Waals surface area contributed by atoms with Gasteiger partial charge < -0.3 is 10.0 Å². The number of aliphatic carboxylic acids is 1. The first-order valence-corrected chi connectivity index (χ1v) is 7.40. The Bertz CT molecular complexity index is 459. The van der Waals surface area contributed by atoms with Crippen LogP contribution >= 0.6 is 11.6 Å². The first-order chi connectivity index (χ1) is 9.56. The summed E-state index contributed by atoms with van der Waals surface area (Å²) in [6, 6.07) is 8.25. The molecule has 110 valence electrons. The Kier molecular flexibility index (Phi) is 5.26. The van der Waals surface area contributed by atoms with Gasteiger partial charge in [-0.1, -0.05) is 17.7 Å². The maximum Gasteiger partial charge on any atom is 0.303 e. The van der Waals surface area contributed by atoms with Gasteiger partial charge in [0.15, 0.2) is 0 Å². The van der Waals surface area contributed by atoms with Crippen molar-refractivity contribution in [1.82, 2.24) is 4.90 Å². The summed E-state index contributed by atoms with van der Waals surface area (Å²) in [7, 11) is 0. The summed E-state index contributed by atoms with van der Waals surface area (Å²) in [6.07, 6.45) is 0.960. The van der Waals surface area contributed by atoms with Gasteiger partial charge in [-0.15, -0.1) is 0 Å². The normalized spacial score (nSPS) is 18.0. The van der Waals surface area contributed by atoms with Crippen molar-refractivity contribution in [3.8, 4) is 0 Å². The van der Waals surface area contributed by atoms with Crippen LogP contribution in [0.25, 0.3) is 0 Å². The Morgan fingerprint density at radius 2 is 2.05 bits per heavy atom. The molecule has 1 atom stereocenters. The molecule has 4 nitrogen and oxygen atoms in total. The third kappa shape index (κ3) is 4.12. The molecule has 1 aliphatic heterocycles. The van der Waals surface area contributed by atoms with E-state index >= 15 is 0 Å². The summed E-state index contributed by atoms with van der Waals surface area (Å²) < 4.78 is 0. The van der Waals surface area contributed by atoms with Gasteiger partial charge in [0.1, 0.15) is 0 Å². The van der Waals surface area contributed by atoms with E-state index in [1.807, 2.05) is 18.2 Å². The van der Waals surface area contributed by atoms with E-state index in [4.69, 9.17) is 16.7 Å². The molecule has 0 bridgehead atoms. The molecule has 1 aliphatic rings. The van der Waals surface area contributed by atoms with E-state index in [1.54, 1.807) is 0 Å². The molecule has 1 aromatic rings. The number of hydrogen-bond acceptors (Lipinski definition) is 3. The van der Waals surface area contributed by atoms with Crippen LogP contribution in [0, 0.1) is 0 Å². The van der Waals surface area contributed by atoms with Gasteiger partial charge in [0.2, 0.25) is 0 Å². The van der Waals surface area contributed by atoms with Gasteiger partial charge in [-0.05, 0) is 31.5 Å². The van der Waals surface area contributed by atoms with Crippen molar-refractivity contribution in [2.24, 2.45) is 0 Å². The van der Waals surface area contributed by atoms with Crippen LogP contribution in [0.15, 0.2) is 24.3 Å². The number of carboxylic acid groups (broad SMARTS) is 1. The fourth-order valence-corrected chi connectivity index (χ4v) is 2.79. The SMILES string of the molecule is CC(CCC(=O)O)N1CCN(c2cccc(Cl)c2)CC1. The number of rotatable bonds is 5. The smallest absolute Gasteiger partial charge is 0.303 e. The largest absolute Gasteiger partial charge is 0.481 e. The molecule has 1 heterocycles. The Morgan fingerprint density at radius 1 is 1.35 bits per heavy atom. The number of halogens is 1. The molecule has 1 N–H and O–H groups in total. The van der Waals surface area contributed by atoms with E-state index in [0.717, 1.165) is 36.9 Å². The Hall–Kier alpha value is -1.26. The van der Waals surface area contributed by atoms with Gasteiger partial charge in [-0.2, -0.15) is 0 Å². The lowest BCUT2D eigenvalue weighted by Gasteiger charge is -2.39. The van der Waals surface area contributed by atoms with Crippen LogP contribution in [0.3, 0.4) is 0 Å². The topological polar surface area (TPSA) is 43.8 Å². The number of carboxylic acids is 1. The van der Waals surface area contributed by atoms with Gasteiger partial charge in [0, 0.05) is 49.4 Å². The second-order valence-corrected chi connectivity index (χ2v) is 5.72. The van der Waals surface area contributed by atoms with E-state index in [-0.39, 0.29) is 6.42 Å². The molecule has 0 aliphatic carbocycles. The molecule has 5 heteroatoms. The maximum atomic E-state index is 10.6. The number of anilines is 1. The predicted molar refractivity (Wildman–Crippen MR) is 81.6 cm³/mol. The van der Waals surface area contributed by atoms with Crippen molar-refractivity contribution in [2.75, 3.05) is 31.1 Å². The van der Waals surface area contributed by atoms with E-state index in [0.29, 0.717) is 12.5 Å². The summed E-state index contributed by atoms with van der Waals surface area (Å²) in [6.45, 7) is 5.95. The molecule has 0 amide bonds. The van der Waals surface area contributed by atoms with Crippen LogP contribution in [-0.4, -0.2) is 48.2 Å². The van der Waals surface area contributed by atoms with Crippen molar-refractivity contribution in [3.05, 3.63) is 29.3 Å². The maximum absolute atomic E-state index is 10.6. The number of nitrogens with zero attached hydrogens (tertiary/aromatic N) is 2. The summed E-state index contributed by atoms with van der Waals surface area (Å²) >= 11 is 6.02. The molecular weight excluding hydrogens is 276 g/mol. The van der Waals surface area contributed by atoms with Gasteiger partial charge in [-0.25, -0.2) is 0 Å². The van der Waals surface area contributed by atoms with E-state index < -0.39 is 5.97 Å². The van der Waals surface area contributed by atoms with Crippen LogP contribution < -0.4 is 4.90 Å². The Morgan fingerprint density at radius 3 is 2.65 bits per heavy atom. The number of hydrogen-bond donors (Lipinski definition) is 1. The molecule has 1 saturated heterocycles. The molecule has 1 unspecified atom stereocenters. The highest BCUT2D eigenvalue weighted by Gasteiger charge is 2.21. The Labute approximate surface area is 124 Å². The van der Waals surface area contributed by atoms with Crippen molar-refractivity contribution < 1.29 is 9.90 Å². The average Bonchev–Trinajstić information content (AvgIpc) is 2.45. The second-order valence-electron chi connectivity index (χ2n) is 5.28. The zero-order valence-electron chi connectivity index (χ0n) is 11.8. The minimum Gasteiger partial charge on any atom is -0.481 e. The first kappa shape index (κ1) is 15.1. The Balaban J connectivity index is 1.84. The quantitative estimate of drug-likeness (QED) is 0.907. The average molecular weight is 297 g/mol. The fourth-order valence-electron chi connectivity index (χ4n) is 2.61. The molecule has 0 radical (unpaired) electrons. The van der Waals surface area contributed by atoms with Gasteiger partial charge in [0.05, 0.1) is 0 Å².